The largest absolute Gasteiger partial charge is 0.465 e. The van der Waals surface area contributed by atoms with Gasteiger partial charge in [-0.1, -0.05) is 34.1 Å². The van der Waals surface area contributed by atoms with E-state index in [0.29, 0.717) is 11.9 Å². The van der Waals surface area contributed by atoms with Crippen molar-refractivity contribution in [2.75, 3.05) is 18.9 Å². The topological polar surface area (TPSA) is 38.3 Å². The van der Waals surface area contributed by atoms with Crippen LogP contribution in [0.3, 0.4) is 0 Å². The van der Waals surface area contributed by atoms with E-state index in [0.717, 1.165) is 38.1 Å². The first-order chi connectivity index (χ1) is 9.87. The fourth-order valence-corrected chi connectivity index (χ4v) is 3.12. The zero-order chi connectivity index (χ0) is 16.3. The third kappa shape index (κ3) is 8.72. The van der Waals surface area contributed by atoms with Crippen molar-refractivity contribution >= 4 is 17.7 Å². The maximum absolute atomic E-state index is 12.1. The first-order valence-electron chi connectivity index (χ1n) is 8.41. The Morgan fingerprint density at radius 1 is 1.24 bits per heavy atom. The van der Waals surface area contributed by atoms with Gasteiger partial charge in [0.05, 0.1) is 6.61 Å². The Morgan fingerprint density at radius 3 is 2.43 bits per heavy atom. The predicted octanol–water partition coefficient (Wildman–Crippen LogP) is 4.26. The molecule has 0 radical (unpaired) electrons. The Morgan fingerprint density at radius 2 is 1.90 bits per heavy atom. The number of nitrogens with one attached hydrogen (secondary N) is 1. The first kappa shape index (κ1) is 20.8. The van der Waals surface area contributed by atoms with Gasteiger partial charge in [-0.05, 0) is 51.3 Å². The van der Waals surface area contributed by atoms with Crippen LogP contribution in [0.25, 0.3) is 0 Å². The Kier molecular flexibility index (Phi) is 11.2. The summed E-state index contributed by atoms with van der Waals surface area (Å²) in [5.74, 6) is 1.79. The fourth-order valence-electron chi connectivity index (χ4n) is 2.00. The van der Waals surface area contributed by atoms with Crippen LogP contribution < -0.4 is 5.32 Å². The molecule has 0 heterocycles. The molecule has 0 amide bonds. The minimum atomic E-state index is -0.527. The Balaban J connectivity index is 4.15. The van der Waals surface area contributed by atoms with Crippen LogP contribution in [0.2, 0.25) is 0 Å². The lowest BCUT2D eigenvalue weighted by Gasteiger charge is -2.28. The number of thioether (sulfide) groups is 1. The summed E-state index contributed by atoms with van der Waals surface area (Å²) >= 11 is 2.04. The van der Waals surface area contributed by atoms with E-state index in [2.05, 4.69) is 33.0 Å². The van der Waals surface area contributed by atoms with Gasteiger partial charge in [0.15, 0.2) is 0 Å². The average molecular weight is 318 g/mol. The summed E-state index contributed by atoms with van der Waals surface area (Å²) in [7, 11) is 0. The molecule has 0 saturated carbocycles. The Labute approximate surface area is 136 Å². The zero-order valence-corrected chi connectivity index (χ0v) is 15.6. The molecule has 0 rings (SSSR count). The number of hydrogen-bond donors (Lipinski definition) is 1. The van der Waals surface area contributed by atoms with Gasteiger partial charge in [0, 0.05) is 5.25 Å². The van der Waals surface area contributed by atoms with Gasteiger partial charge in [-0.25, -0.2) is 0 Å². The lowest BCUT2D eigenvalue weighted by molar-refractivity contribution is -0.150. The van der Waals surface area contributed by atoms with E-state index in [4.69, 9.17) is 4.74 Å². The van der Waals surface area contributed by atoms with Gasteiger partial charge >= 0.3 is 5.97 Å². The molecule has 0 spiro atoms. The summed E-state index contributed by atoms with van der Waals surface area (Å²) in [5, 5.41) is 4.07. The molecule has 0 aliphatic carbocycles. The van der Waals surface area contributed by atoms with E-state index in [-0.39, 0.29) is 5.97 Å². The molecule has 1 N–H and O–H groups in total. The van der Waals surface area contributed by atoms with Gasteiger partial charge in [-0.15, -0.1) is 0 Å². The minimum absolute atomic E-state index is 0.110. The van der Waals surface area contributed by atoms with Crippen LogP contribution in [-0.4, -0.2) is 35.7 Å². The summed E-state index contributed by atoms with van der Waals surface area (Å²) in [6.45, 7) is 14.1. The van der Waals surface area contributed by atoms with Crippen molar-refractivity contribution in [1.82, 2.24) is 5.32 Å². The van der Waals surface area contributed by atoms with Crippen LogP contribution in [0.5, 0.6) is 0 Å². The van der Waals surface area contributed by atoms with Crippen molar-refractivity contribution < 1.29 is 9.53 Å². The van der Waals surface area contributed by atoms with Crippen molar-refractivity contribution in [2.45, 2.75) is 78.0 Å². The number of carbonyl (C=O) groups is 1. The molecule has 2 atom stereocenters. The lowest BCUT2D eigenvalue weighted by Crippen LogP contribution is -2.50. The predicted molar refractivity (Wildman–Crippen MR) is 93.9 cm³/mol. The van der Waals surface area contributed by atoms with E-state index in [9.17, 15) is 4.79 Å². The highest BCUT2D eigenvalue weighted by Crippen LogP contribution is 2.22. The molecule has 126 valence electrons. The highest BCUT2D eigenvalue weighted by molar-refractivity contribution is 7.99. The molecule has 0 aliphatic rings. The summed E-state index contributed by atoms with van der Waals surface area (Å²) < 4.78 is 5.22. The van der Waals surface area contributed by atoms with Crippen molar-refractivity contribution in [3.8, 4) is 0 Å². The molecule has 0 aromatic carbocycles. The molecular formula is C17H35NO2S. The van der Waals surface area contributed by atoms with Crippen LogP contribution >= 0.6 is 11.8 Å². The van der Waals surface area contributed by atoms with Crippen LogP contribution in [0.15, 0.2) is 0 Å². The van der Waals surface area contributed by atoms with Crippen molar-refractivity contribution in [3.05, 3.63) is 0 Å². The van der Waals surface area contributed by atoms with E-state index >= 15 is 0 Å². The van der Waals surface area contributed by atoms with Gasteiger partial charge < -0.3 is 10.1 Å². The molecule has 0 bridgehead atoms. The zero-order valence-electron chi connectivity index (χ0n) is 14.8. The highest BCUT2D eigenvalue weighted by Gasteiger charge is 2.33. The molecule has 3 nitrogen and oxygen atoms in total. The van der Waals surface area contributed by atoms with Crippen molar-refractivity contribution in [1.29, 1.82) is 0 Å². The third-order valence-electron chi connectivity index (χ3n) is 3.88. The van der Waals surface area contributed by atoms with Gasteiger partial charge in [0.2, 0.25) is 0 Å². The SMILES string of the molecule is CCCNC(C)(CCCCSC(C)C(C)C)C(=O)OCC. The summed E-state index contributed by atoms with van der Waals surface area (Å²) in [6.07, 6.45) is 4.09. The van der Waals surface area contributed by atoms with E-state index in [1.54, 1.807) is 0 Å². The Hall–Kier alpha value is -0.220. The lowest BCUT2D eigenvalue weighted by atomic mass is 9.95. The number of carbonyl (C=O) groups excluding carboxylic acids is 1. The molecule has 0 fully saturated rings. The second-order valence-corrected chi connectivity index (χ2v) is 7.74. The van der Waals surface area contributed by atoms with Crippen molar-refractivity contribution in [3.63, 3.8) is 0 Å². The molecule has 0 aromatic heterocycles. The maximum atomic E-state index is 12.1. The standard InChI is InChI=1S/C17H35NO2S/c1-7-12-18-17(6,16(19)20-8-2)11-9-10-13-21-15(5)14(3)4/h14-15,18H,7-13H2,1-6H3. The average Bonchev–Trinajstić information content (AvgIpc) is 2.44. The van der Waals surface area contributed by atoms with Crippen LogP contribution in [-0.2, 0) is 9.53 Å². The first-order valence-corrected chi connectivity index (χ1v) is 9.46. The number of ether oxygens (including phenoxy) is 1. The summed E-state index contributed by atoms with van der Waals surface area (Å²) in [5.41, 5.74) is -0.527. The van der Waals surface area contributed by atoms with Crippen molar-refractivity contribution in [2.24, 2.45) is 5.92 Å². The molecule has 4 heteroatoms. The molecule has 2 unspecified atom stereocenters. The summed E-state index contributed by atoms with van der Waals surface area (Å²) in [6, 6.07) is 0. The molecule has 21 heavy (non-hydrogen) atoms. The maximum Gasteiger partial charge on any atom is 0.326 e. The quantitative estimate of drug-likeness (QED) is 0.431. The number of unbranched alkanes of at least 4 members (excludes halogenated alkanes) is 1. The van der Waals surface area contributed by atoms with E-state index in [1.165, 1.54) is 5.75 Å². The number of rotatable bonds is 12. The van der Waals surface area contributed by atoms with E-state index < -0.39 is 5.54 Å². The molecular weight excluding hydrogens is 282 g/mol. The smallest absolute Gasteiger partial charge is 0.326 e. The molecule has 0 saturated heterocycles. The van der Waals surface area contributed by atoms with Crippen LogP contribution in [0.4, 0.5) is 0 Å². The molecule has 0 aromatic rings. The van der Waals surface area contributed by atoms with E-state index in [1.807, 2.05) is 25.6 Å². The second kappa shape index (κ2) is 11.4. The van der Waals surface area contributed by atoms with Gasteiger partial charge in [-0.3, -0.25) is 4.79 Å². The number of esters is 1. The van der Waals surface area contributed by atoms with Crippen LogP contribution in [0, 0.1) is 5.92 Å². The van der Waals surface area contributed by atoms with Gasteiger partial charge in [-0.2, -0.15) is 11.8 Å². The highest BCUT2D eigenvalue weighted by atomic mass is 32.2. The normalized spacial score (nSPS) is 15.8. The third-order valence-corrected chi connectivity index (χ3v) is 5.48. The minimum Gasteiger partial charge on any atom is -0.465 e. The monoisotopic (exact) mass is 317 g/mol. The summed E-state index contributed by atoms with van der Waals surface area (Å²) in [4.78, 5) is 12.1. The van der Waals surface area contributed by atoms with Gasteiger partial charge in [0.25, 0.3) is 0 Å². The Bertz CT molecular complexity index is 284. The van der Waals surface area contributed by atoms with Crippen LogP contribution in [0.1, 0.15) is 67.2 Å². The number of hydrogen-bond acceptors (Lipinski definition) is 4. The molecule has 0 aliphatic heterocycles. The second-order valence-electron chi connectivity index (χ2n) is 6.26. The fraction of sp³-hybridized carbons (Fsp3) is 0.941. The van der Waals surface area contributed by atoms with Gasteiger partial charge in [0.1, 0.15) is 5.54 Å².